The van der Waals surface area contributed by atoms with Crippen LogP contribution in [0.3, 0.4) is 0 Å². The average Bonchev–Trinajstić information content (AvgIpc) is 3.12. The average molecular weight is 439 g/mol. The van der Waals surface area contributed by atoms with Gasteiger partial charge in [0, 0.05) is 31.7 Å². The molecule has 172 valence electrons. The molecule has 2 aromatic rings. The van der Waals surface area contributed by atoms with Gasteiger partial charge in [-0.3, -0.25) is 4.79 Å². The summed E-state index contributed by atoms with van der Waals surface area (Å²) in [5.74, 6) is 1.65. The summed E-state index contributed by atoms with van der Waals surface area (Å²) in [5, 5.41) is 16.5. The second kappa shape index (κ2) is 10.7. The van der Waals surface area contributed by atoms with E-state index >= 15 is 0 Å². The number of carbonyl (C=O) groups is 1. The molecule has 3 heterocycles. The van der Waals surface area contributed by atoms with Crippen LogP contribution in [0.2, 0.25) is 0 Å². The third-order valence-corrected chi connectivity index (χ3v) is 6.39. The number of rotatable bonds is 8. The summed E-state index contributed by atoms with van der Waals surface area (Å²) >= 11 is 0. The van der Waals surface area contributed by atoms with E-state index in [0.29, 0.717) is 18.7 Å². The van der Waals surface area contributed by atoms with Crippen molar-refractivity contribution in [1.29, 1.82) is 0 Å². The van der Waals surface area contributed by atoms with Gasteiger partial charge in [-0.15, -0.1) is 10.2 Å². The molecular formula is C24H34N6O2. The van der Waals surface area contributed by atoms with Crippen molar-refractivity contribution in [3.63, 3.8) is 0 Å². The van der Waals surface area contributed by atoms with Crippen LogP contribution in [0.5, 0.6) is 0 Å². The smallest absolute Gasteiger partial charge is 0.220 e. The van der Waals surface area contributed by atoms with Gasteiger partial charge in [0.05, 0.1) is 18.9 Å². The molecule has 32 heavy (non-hydrogen) atoms. The SMILES string of the molecule is Cc1nn(-c2ccc(N3CCOCC3)nn2)c(C)c1CCC(=O)NCCC1=CCCCC1. The molecule has 1 saturated heterocycles. The topological polar surface area (TPSA) is 85.2 Å². The summed E-state index contributed by atoms with van der Waals surface area (Å²) in [7, 11) is 0. The Bertz CT molecular complexity index is 944. The van der Waals surface area contributed by atoms with E-state index in [1.54, 1.807) is 0 Å². The molecule has 4 rings (SSSR count). The molecule has 1 fully saturated rings. The Hall–Kier alpha value is -2.74. The second-order valence-corrected chi connectivity index (χ2v) is 8.62. The quantitative estimate of drug-likeness (QED) is 0.638. The predicted molar refractivity (Wildman–Crippen MR) is 124 cm³/mol. The Morgan fingerprint density at radius 2 is 1.88 bits per heavy atom. The zero-order valence-electron chi connectivity index (χ0n) is 19.3. The normalized spacial score (nSPS) is 16.7. The van der Waals surface area contributed by atoms with Crippen LogP contribution < -0.4 is 10.2 Å². The van der Waals surface area contributed by atoms with E-state index in [0.717, 1.165) is 62.0 Å². The van der Waals surface area contributed by atoms with Crippen molar-refractivity contribution < 1.29 is 9.53 Å². The fraction of sp³-hybridized carbons (Fsp3) is 0.583. The maximum Gasteiger partial charge on any atom is 0.220 e. The van der Waals surface area contributed by atoms with Crippen molar-refractivity contribution in [3.05, 3.63) is 40.7 Å². The molecule has 0 unspecified atom stereocenters. The van der Waals surface area contributed by atoms with Gasteiger partial charge in [-0.05, 0) is 70.1 Å². The first-order chi connectivity index (χ1) is 15.6. The first-order valence-corrected chi connectivity index (χ1v) is 11.8. The van der Waals surface area contributed by atoms with E-state index in [1.807, 2.05) is 30.7 Å². The molecular weight excluding hydrogens is 404 g/mol. The van der Waals surface area contributed by atoms with Gasteiger partial charge in [-0.2, -0.15) is 5.10 Å². The summed E-state index contributed by atoms with van der Waals surface area (Å²) in [6.45, 7) is 7.84. The molecule has 1 amide bonds. The number of anilines is 1. The Kier molecular flexibility index (Phi) is 7.52. The van der Waals surface area contributed by atoms with Crippen molar-refractivity contribution in [2.24, 2.45) is 0 Å². The van der Waals surface area contributed by atoms with E-state index in [9.17, 15) is 4.79 Å². The minimum Gasteiger partial charge on any atom is -0.378 e. The van der Waals surface area contributed by atoms with Crippen LogP contribution in [-0.2, 0) is 16.0 Å². The number of ether oxygens (including phenoxy) is 1. The molecule has 0 atom stereocenters. The summed E-state index contributed by atoms with van der Waals surface area (Å²) < 4.78 is 7.23. The Balaban J connectivity index is 1.32. The lowest BCUT2D eigenvalue weighted by molar-refractivity contribution is -0.121. The standard InChI is InChI=1S/C24H34N6O2/c1-18-21(8-11-24(31)25-13-12-20-6-4-3-5-7-20)19(2)30(28-18)23-10-9-22(26-27-23)29-14-16-32-17-15-29/h6,9-10H,3-5,7-8,11-17H2,1-2H3,(H,25,31). The number of hydrogen-bond acceptors (Lipinski definition) is 6. The highest BCUT2D eigenvalue weighted by Crippen LogP contribution is 2.21. The van der Waals surface area contributed by atoms with Gasteiger partial charge in [-0.1, -0.05) is 11.6 Å². The number of nitrogens with zero attached hydrogens (tertiary/aromatic N) is 5. The molecule has 0 spiro atoms. The lowest BCUT2D eigenvalue weighted by Crippen LogP contribution is -2.36. The van der Waals surface area contributed by atoms with Crippen LogP contribution in [0, 0.1) is 13.8 Å². The number of morpholine rings is 1. The Morgan fingerprint density at radius 1 is 1.09 bits per heavy atom. The van der Waals surface area contributed by atoms with Crippen LogP contribution >= 0.6 is 0 Å². The van der Waals surface area contributed by atoms with Crippen LogP contribution in [0.15, 0.2) is 23.8 Å². The molecule has 0 bridgehead atoms. The fourth-order valence-electron chi connectivity index (χ4n) is 4.47. The van der Waals surface area contributed by atoms with Crippen LogP contribution in [0.25, 0.3) is 5.82 Å². The number of aromatic nitrogens is 4. The van der Waals surface area contributed by atoms with Crippen LogP contribution in [-0.4, -0.2) is 58.7 Å². The first kappa shape index (κ1) is 22.5. The van der Waals surface area contributed by atoms with E-state index < -0.39 is 0 Å². The Labute approximate surface area is 190 Å². The lowest BCUT2D eigenvalue weighted by Gasteiger charge is -2.27. The third kappa shape index (κ3) is 5.54. The van der Waals surface area contributed by atoms with Crippen molar-refractivity contribution in [2.75, 3.05) is 37.7 Å². The van der Waals surface area contributed by atoms with Crippen LogP contribution in [0.1, 0.15) is 55.5 Å². The minimum atomic E-state index is 0.0996. The molecule has 0 saturated carbocycles. The summed E-state index contributed by atoms with van der Waals surface area (Å²) in [4.78, 5) is 14.5. The minimum absolute atomic E-state index is 0.0996. The predicted octanol–water partition coefficient (Wildman–Crippen LogP) is 3.06. The van der Waals surface area contributed by atoms with Crippen molar-refractivity contribution in [1.82, 2.24) is 25.3 Å². The van der Waals surface area contributed by atoms with Gasteiger partial charge in [-0.25, -0.2) is 4.68 Å². The summed E-state index contributed by atoms with van der Waals surface area (Å²) in [6, 6.07) is 3.94. The molecule has 0 radical (unpaired) electrons. The van der Waals surface area contributed by atoms with Gasteiger partial charge in [0.15, 0.2) is 11.6 Å². The van der Waals surface area contributed by atoms with E-state index in [4.69, 9.17) is 4.74 Å². The van der Waals surface area contributed by atoms with Gasteiger partial charge < -0.3 is 15.0 Å². The van der Waals surface area contributed by atoms with Crippen LogP contribution in [0.4, 0.5) is 5.82 Å². The van der Waals surface area contributed by atoms with Gasteiger partial charge in [0.1, 0.15) is 0 Å². The highest BCUT2D eigenvalue weighted by molar-refractivity contribution is 5.76. The summed E-state index contributed by atoms with van der Waals surface area (Å²) in [6.07, 6.45) is 9.40. The Morgan fingerprint density at radius 3 is 2.59 bits per heavy atom. The molecule has 1 N–H and O–H groups in total. The maximum absolute atomic E-state index is 12.4. The largest absolute Gasteiger partial charge is 0.378 e. The highest BCUT2D eigenvalue weighted by atomic mass is 16.5. The van der Waals surface area contributed by atoms with Crippen molar-refractivity contribution in [3.8, 4) is 5.82 Å². The molecule has 1 aliphatic heterocycles. The highest BCUT2D eigenvalue weighted by Gasteiger charge is 2.17. The monoisotopic (exact) mass is 438 g/mol. The van der Waals surface area contributed by atoms with Gasteiger partial charge in [0.25, 0.3) is 0 Å². The number of nitrogens with one attached hydrogen (secondary N) is 1. The molecule has 2 aromatic heterocycles. The fourth-order valence-corrected chi connectivity index (χ4v) is 4.47. The first-order valence-electron chi connectivity index (χ1n) is 11.8. The molecule has 8 heteroatoms. The third-order valence-electron chi connectivity index (χ3n) is 6.39. The molecule has 8 nitrogen and oxygen atoms in total. The zero-order valence-corrected chi connectivity index (χ0v) is 19.3. The number of hydrogen-bond donors (Lipinski definition) is 1. The molecule has 1 aliphatic carbocycles. The zero-order chi connectivity index (χ0) is 22.3. The van der Waals surface area contributed by atoms with E-state index in [-0.39, 0.29) is 5.91 Å². The molecule has 2 aliphatic rings. The number of carbonyl (C=O) groups excluding carboxylic acids is 1. The van der Waals surface area contributed by atoms with Gasteiger partial charge >= 0.3 is 0 Å². The molecule has 0 aromatic carbocycles. The van der Waals surface area contributed by atoms with E-state index in [1.165, 1.54) is 31.3 Å². The number of aryl methyl sites for hydroxylation is 1. The van der Waals surface area contributed by atoms with Crippen molar-refractivity contribution >= 4 is 11.7 Å². The lowest BCUT2D eigenvalue weighted by atomic mass is 9.97. The van der Waals surface area contributed by atoms with E-state index in [2.05, 4.69) is 31.6 Å². The van der Waals surface area contributed by atoms with Crippen molar-refractivity contribution in [2.45, 2.75) is 58.8 Å². The summed E-state index contributed by atoms with van der Waals surface area (Å²) in [5.41, 5.74) is 4.54. The second-order valence-electron chi connectivity index (χ2n) is 8.62. The number of allylic oxidation sites excluding steroid dienone is 1. The maximum atomic E-state index is 12.4. The number of amides is 1. The van der Waals surface area contributed by atoms with Gasteiger partial charge in [0.2, 0.25) is 5.91 Å².